The van der Waals surface area contributed by atoms with E-state index in [1.165, 1.54) is 18.3 Å². The molecule has 0 aliphatic carbocycles. The van der Waals surface area contributed by atoms with E-state index >= 15 is 0 Å². The Morgan fingerprint density at radius 3 is 2.75 bits per heavy atom. The largest absolute Gasteiger partial charge is 0.508 e. The number of amides is 1. The van der Waals surface area contributed by atoms with E-state index in [0.29, 0.717) is 11.0 Å². The molecule has 3 N–H and O–H groups in total. The summed E-state index contributed by atoms with van der Waals surface area (Å²) in [5, 5.41) is 13.0. The number of fused-ring (bicyclic) bond motifs is 1. The minimum atomic E-state index is -0.446. The summed E-state index contributed by atoms with van der Waals surface area (Å²) in [6.07, 6.45) is 1.27. The van der Waals surface area contributed by atoms with Gasteiger partial charge in [0.15, 0.2) is 0 Å². The second-order valence-electron chi connectivity index (χ2n) is 5.09. The van der Waals surface area contributed by atoms with Crippen LogP contribution in [0.5, 0.6) is 5.75 Å². The number of para-hydroxylation sites is 2. The van der Waals surface area contributed by atoms with Gasteiger partial charge in [-0.2, -0.15) is 5.10 Å². The lowest BCUT2D eigenvalue weighted by atomic mass is 10.2. The Balaban J connectivity index is 1.67. The van der Waals surface area contributed by atoms with Crippen molar-refractivity contribution in [1.29, 1.82) is 0 Å². The Morgan fingerprint density at radius 1 is 1.21 bits per heavy atom. The molecule has 120 valence electrons. The number of rotatable bonds is 4. The minimum Gasteiger partial charge on any atom is -0.508 e. The van der Waals surface area contributed by atoms with E-state index in [0.717, 1.165) is 5.56 Å². The Hall–Kier alpha value is -3.48. The Bertz CT molecular complexity index is 961. The molecule has 0 unspecified atom stereocenters. The Labute approximate surface area is 136 Å². The van der Waals surface area contributed by atoms with Gasteiger partial charge < -0.3 is 10.1 Å². The van der Waals surface area contributed by atoms with Gasteiger partial charge in [0, 0.05) is 0 Å². The molecule has 3 rings (SSSR count). The zero-order chi connectivity index (χ0) is 16.9. The number of phenols is 1. The summed E-state index contributed by atoms with van der Waals surface area (Å²) < 4.78 is 0. The fraction of sp³-hybridized carbons (Fsp3) is 0.0588. The quantitative estimate of drug-likeness (QED) is 0.497. The van der Waals surface area contributed by atoms with E-state index in [1.807, 2.05) is 0 Å². The average Bonchev–Trinajstić information content (AvgIpc) is 2.57. The lowest BCUT2D eigenvalue weighted by Crippen LogP contribution is -2.25. The summed E-state index contributed by atoms with van der Waals surface area (Å²) in [4.78, 5) is 30.7. The van der Waals surface area contributed by atoms with E-state index in [9.17, 15) is 14.7 Å². The van der Waals surface area contributed by atoms with Crippen molar-refractivity contribution in [3.63, 3.8) is 0 Å². The summed E-state index contributed by atoms with van der Waals surface area (Å²) in [6.45, 7) is 0. The molecule has 3 aromatic rings. The number of hydrogen-bond donors (Lipinski definition) is 3. The molecule has 0 bridgehead atoms. The summed E-state index contributed by atoms with van der Waals surface area (Å²) in [6, 6.07) is 13.4. The van der Waals surface area contributed by atoms with Crippen LogP contribution in [0.4, 0.5) is 0 Å². The summed E-state index contributed by atoms with van der Waals surface area (Å²) >= 11 is 0. The lowest BCUT2D eigenvalue weighted by Gasteiger charge is -2.02. The first-order chi connectivity index (χ1) is 11.6. The van der Waals surface area contributed by atoms with Gasteiger partial charge in [-0.05, 0) is 42.0 Å². The zero-order valence-electron chi connectivity index (χ0n) is 12.6. The van der Waals surface area contributed by atoms with Gasteiger partial charge in [-0.15, -0.1) is 0 Å². The molecule has 0 spiro atoms. The maximum Gasteiger partial charge on any atom is 0.270 e. The van der Waals surface area contributed by atoms with Crippen LogP contribution >= 0.6 is 0 Å². The third kappa shape index (κ3) is 3.64. The first kappa shape index (κ1) is 15.4. The number of phenolic OH excluding ortho intramolecular Hbond substituents is 1. The fourth-order valence-electron chi connectivity index (χ4n) is 2.12. The van der Waals surface area contributed by atoms with E-state index in [2.05, 4.69) is 20.5 Å². The summed E-state index contributed by atoms with van der Waals surface area (Å²) in [7, 11) is 0. The van der Waals surface area contributed by atoms with Gasteiger partial charge in [-0.3, -0.25) is 9.59 Å². The molecule has 0 aliphatic rings. The van der Waals surface area contributed by atoms with Crippen molar-refractivity contribution >= 4 is 23.2 Å². The number of benzene rings is 2. The van der Waals surface area contributed by atoms with Gasteiger partial charge in [0.25, 0.3) is 5.56 Å². The third-order valence-corrected chi connectivity index (χ3v) is 3.29. The van der Waals surface area contributed by atoms with Crippen LogP contribution in [0.15, 0.2) is 58.4 Å². The van der Waals surface area contributed by atoms with Crippen molar-refractivity contribution in [2.45, 2.75) is 6.42 Å². The summed E-state index contributed by atoms with van der Waals surface area (Å²) in [5.74, 6) is -0.295. The van der Waals surface area contributed by atoms with Gasteiger partial charge >= 0.3 is 0 Å². The highest BCUT2D eigenvalue weighted by Crippen LogP contribution is 2.08. The number of aromatic amines is 1. The average molecular weight is 322 g/mol. The van der Waals surface area contributed by atoms with Crippen LogP contribution in [0.1, 0.15) is 11.3 Å². The van der Waals surface area contributed by atoms with Crippen molar-refractivity contribution in [2.75, 3.05) is 0 Å². The van der Waals surface area contributed by atoms with Crippen molar-refractivity contribution in [1.82, 2.24) is 15.4 Å². The third-order valence-electron chi connectivity index (χ3n) is 3.29. The second-order valence-corrected chi connectivity index (χ2v) is 5.09. The van der Waals surface area contributed by atoms with E-state index in [-0.39, 0.29) is 17.9 Å². The monoisotopic (exact) mass is 322 g/mol. The number of nitrogens with zero attached hydrogens (tertiary/aromatic N) is 2. The molecule has 0 radical (unpaired) electrons. The maximum absolute atomic E-state index is 11.9. The molecule has 0 saturated heterocycles. The van der Waals surface area contributed by atoms with Crippen molar-refractivity contribution in [3.05, 3.63) is 70.1 Å². The molecule has 1 amide bonds. The fourth-order valence-corrected chi connectivity index (χ4v) is 2.12. The standard InChI is InChI=1S/C17H14N4O3/c22-12-7-5-11(6-8-12)10-18-21-16(23)9-15-17(24)20-14-4-2-1-3-13(14)19-15/h1-8,10,22H,9H2,(H,20,24)(H,21,23)/b18-10+. The van der Waals surface area contributed by atoms with Crippen LogP contribution in [0.3, 0.4) is 0 Å². The molecule has 1 aromatic heterocycles. The molecule has 7 nitrogen and oxygen atoms in total. The minimum absolute atomic E-state index is 0.131. The topological polar surface area (TPSA) is 107 Å². The van der Waals surface area contributed by atoms with Gasteiger partial charge in [0.05, 0.1) is 23.7 Å². The zero-order valence-corrected chi connectivity index (χ0v) is 12.6. The number of H-pyrrole nitrogens is 1. The van der Waals surface area contributed by atoms with Gasteiger partial charge in [-0.25, -0.2) is 10.4 Å². The van der Waals surface area contributed by atoms with Crippen LogP contribution in [-0.4, -0.2) is 27.2 Å². The molecule has 0 atom stereocenters. The number of hydrogen-bond acceptors (Lipinski definition) is 5. The van der Waals surface area contributed by atoms with E-state index in [1.54, 1.807) is 36.4 Å². The number of carbonyl (C=O) groups excluding carboxylic acids is 1. The van der Waals surface area contributed by atoms with E-state index in [4.69, 9.17) is 0 Å². The first-order valence-electron chi connectivity index (χ1n) is 7.21. The highest BCUT2D eigenvalue weighted by molar-refractivity contribution is 5.83. The molecule has 0 fully saturated rings. The molecule has 0 aliphatic heterocycles. The van der Waals surface area contributed by atoms with Crippen LogP contribution in [-0.2, 0) is 11.2 Å². The van der Waals surface area contributed by atoms with Crippen LogP contribution in [0.25, 0.3) is 11.0 Å². The second kappa shape index (κ2) is 6.74. The van der Waals surface area contributed by atoms with Gasteiger partial charge in [0.2, 0.25) is 5.91 Å². The van der Waals surface area contributed by atoms with Gasteiger partial charge in [-0.1, -0.05) is 12.1 Å². The number of carbonyl (C=O) groups is 1. The molecule has 7 heteroatoms. The Morgan fingerprint density at radius 2 is 1.96 bits per heavy atom. The first-order valence-corrected chi connectivity index (χ1v) is 7.21. The molecule has 1 heterocycles. The molecule has 2 aromatic carbocycles. The molecular weight excluding hydrogens is 308 g/mol. The highest BCUT2D eigenvalue weighted by atomic mass is 16.3. The van der Waals surface area contributed by atoms with E-state index < -0.39 is 11.5 Å². The van der Waals surface area contributed by atoms with Gasteiger partial charge in [0.1, 0.15) is 11.4 Å². The predicted molar refractivity (Wildman–Crippen MR) is 89.9 cm³/mol. The molecular formula is C17H14N4O3. The van der Waals surface area contributed by atoms with Crippen molar-refractivity contribution < 1.29 is 9.90 Å². The number of aromatic hydroxyl groups is 1. The highest BCUT2D eigenvalue weighted by Gasteiger charge is 2.09. The predicted octanol–water partition coefficient (Wildman–Crippen LogP) is 1.32. The molecule has 0 saturated carbocycles. The van der Waals surface area contributed by atoms with Crippen LogP contribution in [0, 0.1) is 0 Å². The van der Waals surface area contributed by atoms with Crippen LogP contribution in [0.2, 0.25) is 0 Å². The number of hydrazone groups is 1. The smallest absolute Gasteiger partial charge is 0.270 e. The van der Waals surface area contributed by atoms with Crippen LogP contribution < -0.4 is 11.0 Å². The SMILES string of the molecule is O=C(Cc1nc2ccccc2[nH]c1=O)N/N=C/c1ccc(O)cc1. The number of nitrogens with one attached hydrogen (secondary N) is 2. The maximum atomic E-state index is 11.9. The lowest BCUT2D eigenvalue weighted by molar-refractivity contribution is -0.120. The Kier molecular flexibility index (Phi) is 4.33. The summed E-state index contributed by atoms with van der Waals surface area (Å²) in [5.41, 5.74) is 4.04. The van der Waals surface area contributed by atoms with Crippen molar-refractivity contribution in [2.24, 2.45) is 5.10 Å². The number of aromatic nitrogens is 2. The molecule has 24 heavy (non-hydrogen) atoms. The normalized spacial score (nSPS) is 11.0. The van der Waals surface area contributed by atoms with Crippen molar-refractivity contribution in [3.8, 4) is 5.75 Å².